The summed E-state index contributed by atoms with van der Waals surface area (Å²) in [7, 11) is 0. The molecule has 1 rings (SSSR count). The van der Waals surface area contributed by atoms with Gasteiger partial charge in [-0.2, -0.15) is 0 Å². The van der Waals surface area contributed by atoms with E-state index in [0.29, 0.717) is 12.3 Å². The lowest BCUT2D eigenvalue weighted by Crippen LogP contribution is -2.06. The fraction of sp³-hybridized carbons (Fsp3) is 0.562. The largest absolute Gasteiger partial charge is 0.491 e. The first kappa shape index (κ1) is 14.7. The summed E-state index contributed by atoms with van der Waals surface area (Å²) in [5.41, 5.74) is 1.30. The molecule has 0 amide bonds. The van der Waals surface area contributed by atoms with Crippen molar-refractivity contribution in [2.24, 2.45) is 0 Å². The lowest BCUT2D eigenvalue weighted by atomic mass is 9.91. The molecule has 1 unspecified atom stereocenters. The van der Waals surface area contributed by atoms with E-state index in [0.717, 1.165) is 18.6 Å². The Balaban J connectivity index is 2.66. The van der Waals surface area contributed by atoms with Gasteiger partial charge in [0.25, 0.3) is 0 Å². The molecule has 0 fully saturated rings. The maximum absolute atomic E-state index is 11.1. The van der Waals surface area contributed by atoms with Crippen LogP contribution in [0.2, 0.25) is 0 Å². The van der Waals surface area contributed by atoms with Crippen LogP contribution in [0.15, 0.2) is 24.3 Å². The molecule has 100 valence electrons. The second-order valence-corrected chi connectivity index (χ2v) is 5.08. The molecule has 0 aliphatic rings. The molecule has 2 heteroatoms. The Morgan fingerprint density at radius 2 is 1.83 bits per heavy atom. The maximum atomic E-state index is 11.1. The highest BCUT2D eigenvalue weighted by molar-refractivity contribution is 5.75. The van der Waals surface area contributed by atoms with Crippen molar-refractivity contribution in [2.45, 2.75) is 59.0 Å². The molecule has 0 heterocycles. The van der Waals surface area contributed by atoms with Crippen LogP contribution in [0.3, 0.4) is 0 Å². The third-order valence-electron chi connectivity index (χ3n) is 3.06. The van der Waals surface area contributed by atoms with E-state index in [1.54, 1.807) is 6.92 Å². The van der Waals surface area contributed by atoms with Crippen molar-refractivity contribution < 1.29 is 9.53 Å². The van der Waals surface area contributed by atoms with Gasteiger partial charge in [0.2, 0.25) is 0 Å². The van der Waals surface area contributed by atoms with E-state index in [1.807, 2.05) is 26.0 Å². The van der Waals surface area contributed by atoms with Gasteiger partial charge in [-0.05, 0) is 57.2 Å². The molecule has 0 aromatic heterocycles. The van der Waals surface area contributed by atoms with Crippen LogP contribution in [0.4, 0.5) is 0 Å². The van der Waals surface area contributed by atoms with Crippen LogP contribution in [0, 0.1) is 0 Å². The summed E-state index contributed by atoms with van der Waals surface area (Å²) < 4.78 is 5.63. The van der Waals surface area contributed by atoms with Crippen LogP contribution >= 0.6 is 0 Å². The second kappa shape index (κ2) is 7.20. The van der Waals surface area contributed by atoms with Gasteiger partial charge in [-0.15, -0.1) is 0 Å². The fourth-order valence-corrected chi connectivity index (χ4v) is 2.07. The van der Waals surface area contributed by atoms with Gasteiger partial charge in [0, 0.05) is 6.42 Å². The van der Waals surface area contributed by atoms with Crippen LogP contribution in [-0.4, -0.2) is 11.9 Å². The Morgan fingerprint density at radius 3 is 2.28 bits per heavy atom. The van der Waals surface area contributed by atoms with E-state index in [2.05, 4.69) is 19.1 Å². The SMILES string of the molecule is CCC(CCC(C)=O)c1ccc(OC(C)C)cc1. The Kier molecular flexibility index (Phi) is 5.90. The van der Waals surface area contributed by atoms with Gasteiger partial charge in [-0.25, -0.2) is 0 Å². The fourth-order valence-electron chi connectivity index (χ4n) is 2.07. The predicted molar refractivity (Wildman–Crippen MR) is 75.2 cm³/mol. The summed E-state index contributed by atoms with van der Waals surface area (Å²) in [6.45, 7) is 7.88. The monoisotopic (exact) mass is 248 g/mol. The molecular formula is C16H24O2. The minimum Gasteiger partial charge on any atom is -0.491 e. The van der Waals surface area contributed by atoms with Crippen molar-refractivity contribution in [3.05, 3.63) is 29.8 Å². The molecule has 0 aliphatic carbocycles. The van der Waals surface area contributed by atoms with Crippen molar-refractivity contribution in [1.29, 1.82) is 0 Å². The van der Waals surface area contributed by atoms with Gasteiger partial charge in [0.05, 0.1) is 6.10 Å². The van der Waals surface area contributed by atoms with Crippen molar-refractivity contribution in [3.8, 4) is 5.75 Å². The highest BCUT2D eigenvalue weighted by Crippen LogP contribution is 2.26. The first-order chi connectivity index (χ1) is 8.52. The molecule has 0 N–H and O–H groups in total. The van der Waals surface area contributed by atoms with E-state index in [1.165, 1.54) is 5.56 Å². The molecule has 1 aromatic carbocycles. The van der Waals surface area contributed by atoms with Gasteiger partial charge in [-0.1, -0.05) is 19.1 Å². The normalized spacial score (nSPS) is 12.5. The van der Waals surface area contributed by atoms with E-state index in [-0.39, 0.29) is 11.9 Å². The first-order valence-corrected chi connectivity index (χ1v) is 6.79. The topological polar surface area (TPSA) is 26.3 Å². The summed E-state index contributed by atoms with van der Waals surface area (Å²) >= 11 is 0. The highest BCUT2D eigenvalue weighted by Gasteiger charge is 2.10. The Morgan fingerprint density at radius 1 is 1.22 bits per heavy atom. The van der Waals surface area contributed by atoms with Crippen molar-refractivity contribution in [3.63, 3.8) is 0 Å². The molecule has 1 atom stereocenters. The number of ether oxygens (including phenoxy) is 1. The summed E-state index contributed by atoms with van der Waals surface area (Å²) in [5, 5.41) is 0. The van der Waals surface area contributed by atoms with Crippen LogP contribution in [0.1, 0.15) is 58.4 Å². The zero-order valence-corrected chi connectivity index (χ0v) is 11.9. The zero-order chi connectivity index (χ0) is 13.5. The Bertz CT molecular complexity index is 365. The van der Waals surface area contributed by atoms with Gasteiger partial charge in [0.15, 0.2) is 0 Å². The van der Waals surface area contributed by atoms with E-state index in [9.17, 15) is 4.79 Å². The van der Waals surface area contributed by atoms with Gasteiger partial charge >= 0.3 is 0 Å². The summed E-state index contributed by atoms with van der Waals surface area (Å²) in [5.74, 6) is 1.66. The van der Waals surface area contributed by atoms with Gasteiger partial charge < -0.3 is 9.53 Å². The molecular weight excluding hydrogens is 224 g/mol. The number of ketones is 1. The number of rotatable bonds is 7. The van der Waals surface area contributed by atoms with E-state index >= 15 is 0 Å². The molecule has 0 saturated carbocycles. The number of hydrogen-bond donors (Lipinski definition) is 0. The molecule has 0 aliphatic heterocycles. The molecule has 2 nitrogen and oxygen atoms in total. The molecule has 1 aromatic rings. The van der Waals surface area contributed by atoms with Gasteiger partial charge in [0.1, 0.15) is 11.5 Å². The van der Waals surface area contributed by atoms with Crippen LogP contribution in [0.25, 0.3) is 0 Å². The standard InChI is InChI=1S/C16H24O2/c1-5-14(7-6-13(4)17)15-8-10-16(11-9-15)18-12(2)3/h8-12,14H,5-7H2,1-4H3. The summed E-state index contributed by atoms with van der Waals surface area (Å²) in [4.78, 5) is 11.1. The molecule has 0 bridgehead atoms. The smallest absolute Gasteiger partial charge is 0.129 e. The van der Waals surface area contributed by atoms with E-state index in [4.69, 9.17) is 4.74 Å². The second-order valence-electron chi connectivity index (χ2n) is 5.08. The molecule has 0 spiro atoms. The predicted octanol–water partition coefficient (Wildman–Crippen LogP) is 4.34. The summed E-state index contributed by atoms with van der Waals surface area (Å²) in [6.07, 6.45) is 2.88. The Hall–Kier alpha value is -1.31. The lowest BCUT2D eigenvalue weighted by Gasteiger charge is -2.16. The number of hydrogen-bond acceptors (Lipinski definition) is 2. The van der Waals surface area contributed by atoms with Gasteiger partial charge in [-0.3, -0.25) is 0 Å². The number of carbonyl (C=O) groups excluding carboxylic acids is 1. The first-order valence-electron chi connectivity index (χ1n) is 6.79. The van der Waals surface area contributed by atoms with Crippen LogP contribution in [-0.2, 0) is 4.79 Å². The van der Waals surface area contributed by atoms with Crippen molar-refractivity contribution in [1.82, 2.24) is 0 Å². The van der Waals surface area contributed by atoms with Crippen LogP contribution < -0.4 is 4.74 Å². The average molecular weight is 248 g/mol. The third-order valence-corrected chi connectivity index (χ3v) is 3.06. The third kappa shape index (κ3) is 4.91. The van der Waals surface area contributed by atoms with Crippen molar-refractivity contribution in [2.75, 3.05) is 0 Å². The lowest BCUT2D eigenvalue weighted by molar-refractivity contribution is -0.117. The average Bonchev–Trinajstić information content (AvgIpc) is 2.31. The highest BCUT2D eigenvalue weighted by atomic mass is 16.5. The number of benzene rings is 1. The quantitative estimate of drug-likeness (QED) is 0.717. The van der Waals surface area contributed by atoms with Crippen LogP contribution in [0.5, 0.6) is 5.75 Å². The molecule has 0 saturated heterocycles. The van der Waals surface area contributed by atoms with Crippen molar-refractivity contribution >= 4 is 5.78 Å². The Labute approximate surface area is 110 Å². The number of carbonyl (C=O) groups is 1. The zero-order valence-electron chi connectivity index (χ0n) is 11.9. The molecule has 18 heavy (non-hydrogen) atoms. The summed E-state index contributed by atoms with van der Waals surface area (Å²) in [6, 6.07) is 8.27. The minimum absolute atomic E-state index is 0.204. The maximum Gasteiger partial charge on any atom is 0.129 e. The molecule has 0 radical (unpaired) electrons. The number of Topliss-reactive ketones (excluding diaryl/α,β-unsaturated/α-hetero) is 1. The van der Waals surface area contributed by atoms with E-state index < -0.39 is 0 Å². The minimum atomic E-state index is 0.204.